The molecule has 0 amide bonds. The summed E-state index contributed by atoms with van der Waals surface area (Å²) < 4.78 is 5.25. The third kappa shape index (κ3) is 3.99. The van der Waals surface area contributed by atoms with Gasteiger partial charge in [0.25, 0.3) is 0 Å². The van der Waals surface area contributed by atoms with Crippen molar-refractivity contribution in [3.63, 3.8) is 0 Å². The van der Waals surface area contributed by atoms with Crippen LogP contribution in [0.15, 0.2) is 24.3 Å². The van der Waals surface area contributed by atoms with Gasteiger partial charge >= 0.3 is 0 Å². The highest BCUT2D eigenvalue weighted by molar-refractivity contribution is 5.29. The zero-order chi connectivity index (χ0) is 14.4. The van der Waals surface area contributed by atoms with Gasteiger partial charge in [0.15, 0.2) is 0 Å². The number of hydrogen-bond donors (Lipinski definition) is 1. The van der Waals surface area contributed by atoms with E-state index in [1.807, 2.05) is 0 Å². The molecule has 0 aliphatic heterocycles. The molecule has 1 N–H and O–H groups in total. The molecule has 2 nitrogen and oxygen atoms in total. The van der Waals surface area contributed by atoms with Crippen LogP contribution in [0.3, 0.4) is 0 Å². The van der Waals surface area contributed by atoms with Crippen molar-refractivity contribution in [3.8, 4) is 5.75 Å². The van der Waals surface area contributed by atoms with Gasteiger partial charge in [-0.3, -0.25) is 0 Å². The third-order valence-corrected chi connectivity index (χ3v) is 4.70. The molecule has 0 saturated heterocycles. The lowest BCUT2D eigenvalue weighted by Crippen LogP contribution is -2.37. The molecule has 0 bridgehead atoms. The molecule has 0 heterocycles. The summed E-state index contributed by atoms with van der Waals surface area (Å²) in [6.07, 6.45) is 8.02. The highest BCUT2D eigenvalue weighted by Gasteiger charge is 2.22. The lowest BCUT2D eigenvalue weighted by atomic mass is 9.94. The first-order chi connectivity index (χ1) is 9.74. The van der Waals surface area contributed by atoms with Crippen LogP contribution < -0.4 is 10.1 Å². The van der Waals surface area contributed by atoms with Gasteiger partial charge in [0.1, 0.15) is 5.75 Å². The Labute approximate surface area is 123 Å². The van der Waals surface area contributed by atoms with Gasteiger partial charge in [-0.15, -0.1) is 0 Å². The van der Waals surface area contributed by atoms with Gasteiger partial charge in [-0.1, -0.05) is 45.2 Å². The SMILES string of the molecule is CCC(NC1CCCCCC1C)c1ccc(OC)cc1. The minimum Gasteiger partial charge on any atom is -0.497 e. The van der Waals surface area contributed by atoms with Crippen LogP contribution in [-0.4, -0.2) is 13.2 Å². The summed E-state index contributed by atoms with van der Waals surface area (Å²) in [6, 6.07) is 9.66. The van der Waals surface area contributed by atoms with Crippen molar-refractivity contribution < 1.29 is 4.74 Å². The first-order valence-electron chi connectivity index (χ1n) is 8.14. The molecule has 0 spiro atoms. The quantitative estimate of drug-likeness (QED) is 0.786. The zero-order valence-electron chi connectivity index (χ0n) is 13.2. The molecule has 1 aromatic carbocycles. The van der Waals surface area contributed by atoms with Crippen LogP contribution in [-0.2, 0) is 0 Å². The Kier molecular flexibility index (Phi) is 5.90. The van der Waals surface area contributed by atoms with Crippen molar-refractivity contribution in [2.24, 2.45) is 5.92 Å². The van der Waals surface area contributed by atoms with E-state index in [1.165, 1.54) is 37.7 Å². The van der Waals surface area contributed by atoms with Crippen LogP contribution in [0.4, 0.5) is 0 Å². The summed E-state index contributed by atoms with van der Waals surface area (Å²) in [7, 11) is 1.72. The van der Waals surface area contributed by atoms with Crippen molar-refractivity contribution in [2.75, 3.05) is 7.11 Å². The summed E-state index contributed by atoms with van der Waals surface area (Å²) in [6.45, 7) is 4.67. The van der Waals surface area contributed by atoms with Gasteiger partial charge in [-0.05, 0) is 42.9 Å². The van der Waals surface area contributed by atoms with E-state index < -0.39 is 0 Å². The number of rotatable bonds is 5. The number of nitrogens with one attached hydrogen (secondary N) is 1. The molecular formula is C18H29NO. The average molecular weight is 275 g/mol. The predicted molar refractivity (Wildman–Crippen MR) is 85.2 cm³/mol. The van der Waals surface area contributed by atoms with Crippen molar-refractivity contribution in [1.82, 2.24) is 5.32 Å². The molecule has 112 valence electrons. The Morgan fingerprint density at radius 1 is 1.15 bits per heavy atom. The smallest absolute Gasteiger partial charge is 0.118 e. The van der Waals surface area contributed by atoms with Crippen molar-refractivity contribution in [1.29, 1.82) is 0 Å². The molecule has 3 atom stereocenters. The summed E-state index contributed by atoms with van der Waals surface area (Å²) in [4.78, 5) is 0. The van der Waals surface area contributed by atoms with Crippen LogP contribution in [0.5, 0.6) is 5.75 Å². The lowest BCUT2D eigenvalue weighted by molar-refractivity contribution is 0.317. The van der Waals surface area contributed by atoms with Gasteiger partial charge in [-0.2, -0.15) is 0 Å². The Morgan fingerprint density at radius 3 is 2.50 bits per heavy atom. The van der Waals surface area contributed by atoms with E-state index in [1.54, 1.807) is 7.11 Å². The van der Waals surface area contributed by atoms with Crippen molar-refractivity contribution in [3.05, 3.63) is 29.8 Å². The van der Waals surface area contributed by atoms with E-state index in [4.69, 9.17) is 4.74 Å². The highest BCUT2D eigenvalue weighted by atomic mass is 16.5. The second-order valence-electron chi connectivity index (χ2n) is 6.12. The predicted octanol–water partition coefficient (Wildman–Crippen LogP) is 4.70. The number of methoxy groups -OCH3 is 1. The molecule has 1 aliphatic rings. The molecule has 0 radical (unpaired) electrons. The Morgan fingerprint density at radius 2 is 1.85 bits per heavy atom. The number of benzene rings is 1. The average Bonchev–Trinajstić information content (AvgIpc) is 2.69. The van der Waals surface area contributed by atoms with Crippen molar-refractivity contribution >= 4 is 0 Å². The van der Waals surface area contributed by atoms with Gasteiger partial charge in [0.05, 0.1) is 7.11 Å². The maximum Gasteiger partial charge on any atom is 0.118 e. The van der Waals surface area contributed by atoms with E-state index in [0.717, 1.165) is 18.1 Å². The molecule has 1 aromatic rings. The summed E-state index contributed by atoms with van der Waals surface area (Å²) in [5.74, 6) is 1.73. The van der Waals surface area contributed by atoms with E-state index in [9.17, 15) is 0 Å². The molecule has 1 fully saturated rings. The Balaban J connectivity index is 2.02. The van der Waals surface area contributed by atoms with Crippen molar-refractivity contribution in [2.45, 2.75) is 64.5 Å². The van der Waals surface area contributed by atoms with Gasteiger partial charge in [-0.25, -0.2) is 0 Å². The van der Waals surface area contributed by atoms with Crippen LogP contribution in [0, 0.1) is 5.92 Å². The minimum absolute atomic E-state index is 0.464. The fraction of sp³-hybridized carbons (Fsp3) is 0.667. The first kappa shape index (κ1) is 15.4. The molecule has 20 heavy (non-hydrogen) atoms. The number of hydrogen-bond acceptors (Lipinski definition) is 2. The topological polar surface area (TPSA) is 21.3 Å². The largest absolute Gasteiger partial charge is 0.497 e. The Bertz CT molecular complexity index is 387. The normalized spacial score (nSPS) is 24.9. The molecule has 2 rings (SSSR count). The summed E-state index contributed by atoms with van der Waals surface area (Å²) >= 11 is 0. The fourth-order valence-corrected chi connectivity index (χ4v) is 3.29. The minimum atomic E-state index is 0.464. The Hall–Kier alpha value is -1.02. The monoisotopic (exact) mass is 275 g/mol. The van der Waals surface area contributed by atoms with Gasteiger partial charge < -0.3 is 10.1 Å². The third-order valence-electron chi connectivity index (χ3n) is 4.70. The molecule has 1 aliphatic carbocycles. The van der Waals surface area contributed by atoms with Gasteiger partial charge in [0, 0.05) is 12.1 Å². The van der Waals surface area contributed by atoms with Crippen LogP contribution >= 0.6 is 0 Å². The maximum atomic E-state index is 5.25. The summed E-state index contributed by atoms with van der Waals surface area (Å²) in [5, 5.41) is 3.91. The van der Waals surface area contributed by atoms with E-state index in [2.05, 4.69) is 43.4 Å². The molecule has 1 saturated carbocycles. The van der Waals surface area contributed by atoms with Crippen LogP contribution in [0.2, 0.25) is 0 Å². The highest BCUT2D eigenvalue weighted by Crippen LogP contribution is 2.27. The standard InChI is InChI=1S/C18H29NO/c1-4-17(15-10-12-16(20-3)13-11-15)19-18-9-7-5-6-8-14(18)2/h10-14,17-19H,4-9H2,1-3H3. The second kappa shape index (κ2) is 7.68. The second-order valence-corrected chi connectivity index (χ2v) is 6.12. The van der Waals surface area contributed by atoms with E-state index in [0.29, 0.717) is 12.1 Å². The van der Waals surface area contributed by atoms with Crippen LogP contribution in [0.1, 0.15) is 64.0 Å². The molecule has 2 heteroatoms. The molecular weight excluding hydrogens is 246 g/mol. The van der Waals surface area contributed by atoms with E-state index in [-0.39, 0.29) is 0 Å². The molecule has 0 aromatic heterocycles. The molecule has 3 unspecified atom stereocenters. The number of ether oxygens (including phenoxy) is 1. The first-order valence-corrected chi connectivity index (χ1v) is 8.14. The van der Waals surface area contributed by atoms with E-state index >= 15 is 0 Å². The van der Waals surface area contributed by atoms with Gasteiger partial charge in [0.2, 0.25) is 0 Å². The lowest BCUT2D eigenvalue weighted by Gasteiger charge is -2.28. The fourth-order valence-electron chi connectivity index (χ4n) is 3.29. The zero-order valence-corrected chi connectivity index (χ0v) is 13.2. The van der Waals surface area contributed by atoms with Crippen LogP contribution in [0.25, 0.3) is 0 Å². The maximum absolute atomic E-state index is 5.25. The summed E-state index contributed by atoms with van der Waals surface area (Å²) in [5.41, 5.74) is 1.38.